The number of hydrogen-bond donors (Lipinski definition) is 1. The van der Waals surface area contributed by atoms with E-state index in [-0.39, 0.29) is 25.2 Å². The van der Waals surface area contributed by atoms with Gasteiger partial charge in [0.15, 0.2) is 5.60 Å². The molecule has 0 aromatic heterocycles. The van der Waals surface area contributed by atoms with Crippen LogP contribution in [0.1, 0.15) is 86.0 Å². The number of hydrogen-bond acceptors (Lipinski definition) is 8. The molecule has 1 N–H and O–H groups in total. The molecule has 0 heterocycles. The van der Waals surface area contributed by atoms with Gasteiger partial charge in [-0.25, -0.2) is 14.4 Å². The van der Waals surface area contributed by atoms with E-state index in [9.17, 15) is 14.4 Å². The third-order valence-corrected chi connectivity index (χ3v) is 4.90. The number of carbonyl (C=O) groups excluding carboxylic acids is 3. The Bertz CT molecular complexity index is 618. The van der Waals surface area contributed by atoms with E-state index in [0.29, 0.717) is 25.4 Å². The summed E-state index contributed by atoms with van der Waals surface area (Å²) < 4.78 is 26.5. The molecule has 0 aliphatic carbocycles. The smallest absolute Gasteiger partial charge is 0.407 e. The predicted molar refractivity (Wildman–Crippen MR) is 134 cm³/mol. The van der Waals surface area contributed by atoms with Gasteiger partial charge in [-0.15, -0.1) is 0 Å². The summed E-state index contributed by atoms with van der Waals surface area (Å²) >= 11 is 0. The lowest BCUT2D eigenvalue weighted by Gasteiger charge is -2.23. The van der Waals surface area contributed by atoms with Crippen molar-refractivity contribution in [2.45, 2.75) is 97.7 Å². The lowest BCUT2D eigenvalue weighted by atomic mass is 10.1. The number of unbranched alkanes of at least 4 members (excludes halogenated alkanes) is 6. The Balaban J connectivity index is 3.63. The van der Waals surface area contributed by atoms with E-state index < -0.39 is 17.7 Å². The quantitative estimate of drug-likeness (QED) is 0.104. The minimum atomic E-state index is -0.967. The number of carbonyl (C=O) groups is 3. The van der Waals surface area contributed by atoms with E-state index in [1.807, 2.05) is 13.8 Å². The first kappa shape index (κ1) is 32.9. The van der Waals surface area contributed by atoms with E-state index in [0.717, 1.165) is 58.0 Å². The maximum Gasteiger partial charge on any atom is 0.407 e. The summed E-state index contributed by atoms with van der Waals surface area (Å²) in [4.78, 5) is 35.0. The zero-order valence-electron chi connectivity index (χ0n) is 22.4. The standard InChI is InChI=1S/C26H47NO8/c1-21(2)23(28)32-20-15-27-25(30)34-18-13-9-10-14-19-35-26(5,6)24(29)33-17-12-8-7-11-16-31-22(3)4/h22H,1,7-20H2,2-6H3,(H,27,30). The van der Waals surface area contributed by atoms with Crippen LogP contribution in [0.3, 0.4) is 0 Å². The fourth-order valence-corrected chi connectivity index (χ4v) is 2.80. The van der Waals surface area contributed by atoms with Crippen LogP contribution in [-0.4, -0.2) is 69.3 Å². The van der Waals surface area contributed by atoms with Crippen molar-refractivity contribution in [2.75, 3.05) is 39.6 Å². The molecule has 0 fully saturated rings. The van der Waals surface area contributed by atoms with Gasteiger partial charge in [-0.2, -0.15) is 0 Å². The molecule has 0 aromatic carbocycles. The normalized spacial score (nSPS) is 11.3. The molecule has 1 amide bonds. The van der Waals surface area contributed by atoms with Gasteiger partial charge in [0.25, 0.3) is 0 Å². The van der Waals surface area contributed by atoms with Gasteiger partial charge in [-0.05, 0) is 73.1 Å². The van der Waals surface area contributed by atoms with E-state index in [1.165, 1.54) is 0 Å². The van der Waals surface area contributed by atoms with E-state index in [4.69, 9.17) is 23.7 Å². The van der Waals surface area contributed by atoms with Gasteiger partial charge in [-0.1, -0.05) is 19.4 Å². The summed E-state index contributed by atoms with van der Waals surface area (Å²) in [5.41, 5.74) is -0.656. The van der Waals surface area contributed by atoms with Crippen LogP contribution in [0.4, 0.5) is 4.79 Å². The van der Waals surface area contributed by atoms with Crippen molar-refractivity contribution in [2.24, 2.45) is 0 Å². The number of nitrogens with one attached hydrogen (secondary N) is 1. The molecule has 0 atom stereocenters. The minimum Gasteiger partial charge on any atom is -0.464 e. The monoisotopic (exact) mass is 501 g/mol. The van der Waals surface area contributed by atoms with Crippen LogP contribution in [0, 0.1) is 0 Å². The maximum absolute atomic E-state index is 12.3. The molecule has 0 saturated heterocycles. The largest absolute Gasteiger partial charge is 0.464 e. The molecule has 35 heavy (non-hydrogen) atoms. The van der Waals surface area contributed by atoms with Gasteiger partial charge >= 0.3 is 18.0 Å². The molecule has 0 aliphatic rings. The summed E-state index contributed by atoms with van der Waals surface area (Å²) in [6.07, 6.45) is 6.96. The average Bonchev–Trinajstić information content (AvgIpc) is 2.79. The van der Waals surface area contributed by atoms with E-state index in [2.05, 4.69) is 11.9 Å². The highest BCUT2D eigenvalue weighted by Gasteiger charge is 2.30. The van der Waals surface area contributed by atoms with Crippen LogP contribution in [0.5, 0.6) is 0 Å². The molecular weight excluding hydrogens is 454 g/mol. The molecule has 204 valence electrons. The Morgan fingerprint density at radius 1 is 0.771 bits per heavy atom. The second kappa shape index (κ2) is 20.1. The molecule has 0 saturated carbocycles. The summed E-state index contributed by atoms with van der Waals surface area (Å²) in [7, 11) is 0. The molecule has 0 aromatic rings. The number of amides is 1. The number of esters is 2. The highest BCUT2D eigenvalue weighted by Crippen LogP contribution is 2.14. The topological polar surface area (TPSA) is 109 Å². The van der Waals surface area contributed by atoms with Gasteiger partial charge in [0.2, 0.25) is 0 Å². The average molecular weight is 502 g/mol. The van der Waals surface area contributed by atoms with Crippen molar-refractivity contribution in [3.05, 3.63) is 12.2 Å². The van der Waals surface area contributed by atoms with E-state index in [1.54, 1.807) is 20.8 Å². The second-order valence-corrected chi connectivity index (χ2v) is 9.22. The lowest BCUT2D eigenvalue weighted by Crippen LogP contribution is -2.37. The van der Waals surface area contributed by atoms with Gasteiger partial charge in [-0.3, -0.25) is 0 Å². The minimum absolute atomic E-state index is 0.0685. The Labute approximate surface area is 211 Å². The first-order valence-corrected chi connectivity index (χ1v) is 12.7. The molecule has 0 radical (unpaired) electrons. The summed E-state index contributed by atoms with van der Waals surface area (Å²) in [5.74, 6) is -0.826. The fraction of sp³-hybridized carbons (Fsp3) is 0.808. The molecule has 0 spiro atoms. The zero-order chi connectivity index (χ0) is 26.5. The zero-order valence-corrected chi connectivity index (χ0v) is 22.4. The van der Waals surface area contributed by atoms with Crippen LogP contribution >= 0.6 is 0 Å². The van der Waals surface area contributed by atoms with Crippen molar-refractivity contribution >= 4 is 18.0 Å². The predicted octanol–water partition coefficient (Wildman–Crippen LogP) is 4.72. The highest BCUT2D eigenvalue weighted by molar-refractivity contribution is 5.86. The summed E-state index contributed by atoms with van der Waals surface area (Å²) in [5, 5.41) is 2.51. The van der Waals surface area contributed by atoms with Crippen LogP contribution in [0.15, 0.2) is 12.2 Å². The lowest BCUT2D eigenvalue weighted by molar-refractivity contribution is -0.168. The fourth-order valence-electron chi connectivity index (χ4n) is 2.80. The number of ether oxygens (including phenoxy) is 5. The van der Waals surface area contributed by atoms with Crippen LogP contribution in [-0.2, 0) is 33.3 Å². The van der Waals surface area contributed by atoms with Crippen molar-refractivity contribution in [1.29, 1.82) is 0 Å². The Kier molecular flexibility index (Phi) is 18.9. The Morgan fingerprint density at radius 3 is 1.89 bits per heavy atom. The van der Waals surface area contributed by atoms with Crippen LogP contribution in [0.2, 0.25) is 0 Å². The van der Waals surface area contributed by atoms with Crippen molar-refractivity contribution in [3.63, 3.8) is 0 Å². The van der Waals surface area contributed by atoms with Gasteiger partial charge in [0, 0.05) is 18.8 Å². The maximum atomic E-state index is 12.3. The molecule has 0 bridgehead atoms. The first-order valence-electron chi connectivity index (χ1n) is 12.7. The van der Waals surface area contributed by atoms with Crippen molar-refractivity contribution < 1.29 is 38.1 Å². The van der Waals surface area contributed by atoms with Crippen molar-refractivity contribution in [3.8, 4) is 0 Å². The number of alkyl carbamates (subject to hydrolysis) is 1. The van der Waals surface area contributed by atoms with Crippen LogP contribution < -0.4 is 5.32 Å². The molecular formula is C26H47NO8. The van der Waals surface area contributed by atoms with Gasteiger partial charge < -0.3 is 29.0 Å². The number of rotatable bonds is 21. The molecule has 9 heteroatoms. The third kappa shape index (κ3) is 19.8. The van der Waals surface area contributed by atoms with Gasteiger partial charge in [0.05, 0.1) is 25.9 Å². The van der Waals surface area contributed by atoms with Gasteiger partial charge in [0.1, 0.15) is 6.61 Å². The molecule has 9 nitrogen and oxygen atoms in total. The van der Waals surface area contributed by atoms with E-state index >= 15 is 0 Å². The summed E-state index contributed by atoms with van der Waals surface area (Å²) in [6.45, 7) is 14.7. The molecule has 0 rings (SSSR count). The Hall–Kier alpha value is -2.13. The molecule has 0 unspecified atom stereocenters. The van der Waals surface area contributed by atoms with Crippen molar-refractivity contribution in [1.82, 2.24) is 5.32 Å². The highest BCUT2D eigenvalue weighted by atomic mass is 16.6. The molecule has 0 aliphatic heterocycles. The SMILES string of the molecule is C=C(C)C(=O)OCCNC(=O)OCCCCCCOC(C)(C)C(=O)OCCCCCCOC(C)C. The summed E-state index contributed by atoms with van der Waals surface area (Å²) in [6, 6.07) is 0. The second-order valence-electron chi connectivity index (χ2n) is 9.22. The third-order valence-electron chi connectivity index (χ3n) is 4.90. The Morgan fingerprint density at radius 2 is 1.31 bits per heavy atom. The van der Waals surface area contributed by atoms with Crippen LogP contribution in [0.25, 0.3) is 0 Å². The first-order chi connectivity index (χ1) is 16.6.